The van der Waals surface area contributed by atoms with E-state index in [1.54, 1.807) is 18.2 Å². The van der Waals surface area contributed by atoms with Gasteiger partial charge in [-0.15, -0.1) is 0 Å². The van der Waals surface area contributed by atoms with Crippen LogP contribution >= 0.6 is 0 Å². The molecule has 0 radical (unpaired) electrons. The molecule has 5 saturated heterocycles. The second kappa shape index (κ2) is 29.6. The van der Waals surface area contributed by atoms with Crippen molar-refractivity contribution in [2.45, 2.75) is 266 Å². The molecular formula is C69H102O31. The Balaban J connectivity index is 0.842. The van der Waals surface area contributed by atoms with Crippen LogP contribution < -0.4 is 9.47 Å². The number of fused-ring (bicyclic) bond motifs is 7. The maximum atomic E-state index is 15.8. The molecule has 0 spiro atoms. The fourth-order valence-corrected chi connectivity index (χ4v) is 18.8. The number of benzene rings is 1. The van der Waals surface area contributed by atoms with Gasteiger partial charge in [0.2, 0.25) is 6.29 Å². The van der Waals surface area contributed by atoms with E-state index in [0.29, 0.717) is 68.4 Å². The number of aliphatic hydroxyl groups is 14. The van der Waals surface area contributed by atoms with E-state index in [-0.39, 0.29) is 23.7 Å². The van der Waals surface area contributed by atoms with Crippen molar-refractivity contribution in [2.75, 3.05) is 34.0 Å². The van der Waals surface area contributed by atoms with Gasteiger partial charge in [0.25, 0.3) is 0 Å². The van der Waals surface area contributed by atoms with Crippen molar-refractivity contribution < 1.29 is 153 Å². The van der Waals surface area contributed by atoms with Crippen molar-refractivity contribution in [2.24, 2.45) is 50.7 Å². The molecule has 5 aliphatic heterocycles. The summed E-state index contributed by atoms with van der Waals surface area (Å²) in [5.41, 5.74) is -3.03. The summed E-state index contributed by atoms with van der Waals surface area (Å²) in [5, 5.41) is 165. The smallest absolute Gasteiger partial charge is 0.331 e. The number of aliphatic carboxylic acids is 1. The first-order chi connectivity index (χ1) is 47.1. The van der Waals surface area contributed by atoms with E-state index >= 15 is 4.79 Å². The number of carbonyl (C=O) groups excluding carboxylic acids is 2. The van der Waals surface area contributed by atoms with E-state index in [2.05, 4.69) is 26.8 Å². The number of allylic oxidation sites excluding steroid dienone is 2. The summed E-state index contributed by atoms with van der Waals surface area (Å²) in [6.07, 6.45) is -35.5. The van der Waals surface area contributed by atoms with E-state index in [1.807, 2.05) is 6.92 Å². The van der Waals surface area contributed by atoms with Crippen molar-refractivity contribution in [3.8, 4) is 11.5 Å². The fraction of sp³-hybridized carbons (Fsp3) is 0.812. The van der Waals surface area contributed by atoms with Gasteiger partial charge in [0, 0.05) is 6.08 Å². The highest BCUT2D eigenvalue weighted by atomic mass is 16.8. The number of hydrogen-bond donors (Lipinski definition) is 15. The molecule has 5 aliphatic carbocycles. The van der Waals surface area contributed by atoms with Gasteiger partial charge in [0.15, 0.2) is 48.9 Å². The number of esters is 2. The van der Waals surface area contributed by atoms with Gasteiger partial charge in [-0.05, 0) is 142 Å². The van der Waals surface area contributed by atoms with Crippen LogP contribution in [-0.4, -0.2) is 288 Å². The predicted octanol–water partition coefficient (Wildman–Crippen LogP) is -1.59. The summed E-state index contributed by atoms with van der Waals surface area (Å²) in [4.78, 5) is 43.4. The Kier molecular flexibility index (Phi) is 22.8. The number of hydrogen-bond acceptors (Lipinski definition) is 30. The summed E-state index contributed by atoms with van der Waals surface area (Å²) in [6, 6.07) is 4.91. The zero-order valence-electron chi connectivity index (χ0n) is 57.5. The third-order valence-corrected chi connectivity index (χ3v) is 24.4. The quantitative estimate of drug-likeness (QED) is 0.0341. The molecule has 1 aromatic rings. The number of ether oxygens (including phenoxy) is 13. The normalized spacial score (nSPS) is 48.6. The van der Waals surface area contributed by atoms with Crippen molar-refractivity contribution >= 4 is 24.0 Å². The SMILES string of the molecule is COc1ccc(/C=C/C(=O)O[C@@H]2[C@H](O)[C@@H](O[C@H]3O[C@@H](C)[C@H](O[C@@H]4OC[C@@H](O)[C@H](O[C@@H]5O[C@H](CO)[C@@H](O)[C@H](O)[C@H]5O)[C@H]4O)[C@@H](O)[C@H]3O)[C@H](OC(=O)[C@@]34CC[C@H]5C(=CC[C@H]6[C@@]7(C)C[C@H](O)[C@H](O[C@@H]8O[C@H](CO)[C@@H](O)[C@H](O)[C@H]8O)[C@@](C)(C(=O)O)[C@@H]7CC[C@]65C)[C@@H]3CC(C)(C)CC4)O[C@@H]2C)cc1OC. The number of carbonyl (C=O) groups is 3. The Morgan fingerprint density at radius 2 is 1.14 bits per heavy atom. The molecule has 564 valence electrons. The first-order valence-corrected chi connectivity index (χ1v) is 34.6. The van der Waals surface area contributed by atoms with Crippen LogP contribution in [0, 0.1) is 50.7 Å². The van der Waals surface area contributed by atoms with Crippen molar-refractivity contribution in [1.82, 2.24) is 0 Å². The Morgan fingerprint density at radius 1 is 0.550 bits per heavy atom. The lowest BCUT2D eigenvalue weighted by Gasteiger charge is -2.68. The second-order valence-electron chi connectivity index (χ2n) is 30.8. The third-order valence-electron chi connectivity index (χ3n) is 24.4. The molecule has 0 bridgehead atoms. The maximum absolute atomic E-state index is 15.8. The van der Waals surface area contributed by atoms with E-state index in [0.717, 1.165) is 11.6 Å². The zero-order valence-corrected chi connectivity index (χ0v) is 57.5. The van der Waals surface area contributed by atoms with Gasteiger partial charge in [0.05, 0.1) is 63.2 Å². The molecule has 10 aliphatic rings. The molecule has 0 unspecified atom stereocenters. The Hall–Kier alpha value is -4.21. The minimum Gasteiger partial charge on any atom is -0.493 e. The second-order valence-corrected chi connectivity index (χ2v) is 30.8. The minimum atomic E-state index is -2.07. The lowest BCUT2D eigenvalue weighted by Crippen LogP contribution is -2.69. The van der Waals surface area contributed by atoms with Gasteiger partial charge in [-0.3, -0.25) is 9.59 Å². The van der Waals surface area contributed by atoms with Crippen LogP contribution in [0.4, 0.5) is 0 Å². The van der Waals surface area contributed by atoms with Crippen LogP contribution in [0.2, 0.25) is 0 Å². The van der Waals surface area contributed by atoms with Crippen LogP contribution in [0.1, 0.15) is 112 Å². The summed E-state index contributed by atoms with van der Waals surface area (Å²) in [7, 11) is 2.92. The largest absolute Gasteiger partial charge is 0.493 e. The molecule has 4 saturated carbocycles. The molecule has 9 fully saturated rings. The molecule has 1 aromatic carbocycles. The van der Waals surface area contributed by atoms with Crippen LogP contribution in [0.25, 0.3) is 6.08 Å². The average molecular weight is 1430 g/mol. The predicted molar refractivity (Wildman–Crippen MR) is 338 cm³/mol. The first kappa shape index (κ1) is 76.9. The molecule has 0 amide bonds. The van der Waals surface area contributed by atoms with Gasteiger partial charge in [-0.2, -0.15) is 0 Å². The van der Waals surface area contributed by atoms with Crippen molar-refractivity contribution in [3.63, 3.8) is 0 Å². The molecule has 34 atom stereocenters. The highest BCUT2D eigenvalue weighted by molar-refractivity contribution is 5.87. The third kappa shape index (κ3) is 13.7. The van der Waals surface area contributed by atoms with E-state index in [4.69, 9.17) is 61.6 Å². The Labute approximate surface area is 578 Å². The fourth-order valence-electron chi connectivity index (χ4n) is 18.8. The summed E-state index contributed by atoms with van der Waals surface area (Å²) in [6.45, 7) is 10.8. The zero-order chi connectivity index (χ0) is 72.8. The number of methoxy groups -OCH3 is 2. The van der Waals surface area contributed by atoms with Gasteiger partial charge < -0.3 is 138 Å². The van der Waals surface area contributed by atoms with Gasteiger partial charge in [-0.1, -0.05) is 45.4 Å². The minimum absolute atomic E-state index is 0.0900. The Morgan fingerprint density at radius 3 is 1.77 bits per heavy atom. The van der Waals surface area contributed by atoms with E-state index in [9.17, 15) is 86.2 Å². The van der Waals surface area contributed by atoms with Crippen molar-refractivity contribution in [3.05, 3.63) is 41.5 Å². The number of rotatable bonds is 18. The molecule has 5 heterocycles. The van der Waals surface area contributed by atoms with Crippen LogP contribution in [0.5, 0.6) is 11.5 Å². The summed E-state index contributed by atoms with van der Waals surface area (Å²) in [5.74, 6) is -3.41. The van der Waals surface area contributed by atoms with Crippen LogP contribution in [0.3, 0.4) is 0 Å². The van der Waals surface area contributed by atoms with Gasteiger partial charge >= 0.3 is 17.9 Å². The van der Waals surface area contributed by atoms with Crippen LogP contribution in [0.15, 0.2) is 35.9 Å². The monoisotopic (exact) mass is 1430 g/mol. The molecule has 0 aromatic heterocycles. The lowest BCUT2D eigenvalue weighted by atomic mass is 9.36. The molecule has 100 heavy (non-hydrogen) atoms. The molecular weight excluding hydrogens is 1320 g/mol. The summed E-state index contributed by atoms with van der Waals surface area (Å²) >= 11 is 0. The number of carboxylic acid groups (broad SMARTS) is 1. The van der Waals surface area contributed by atoms with Crippen molar-refractivity contribution in [1.29, 1.82) is 0 Å². The van der Waals surface area contributed by atoms with E-state index < -0.39 is 231 Å². The molecule has 15 N–H and O–H groups in total. The molecule has 31 heteroatoms. The average Bonchev–Trinajstić information content (AvgIpc) is 0.683. The molecule has 11 rings (SSSR count). The topological polar surface area (TPSA) is 475 Å². The highest BCUT2D eigenvalue weighted by Crippen LogP contribution is 2.73. The number of aliphatic hydroxyl groups excluding tert-OH is 14. The maximum Gasteiger partial charge on any atom is 0.331 e. The van der Waals surface area contributed by atoms with Gasteiger partial charge in [-0.25, -0.2) is 4.79 Å². The number of carboxylic acids is 1. The molecule has 31 nitrogen and oxygen atoms in total. The summed E-state index contributed by atoms with van der Waals surface area (Å²) < 4.78 is 76.8. The Bertz CT molecular complexity index is 3110. The highest BCUT2D eigenvalue weighted by Gasteiger charge is 2.71. The van der Waals surface area contributed by atoms with E-state index in [1.165, 1.54) is 41.1 Å². The van der Waals surface area contributed by atoms with Crippen LogP contribution in [-0.2, 0) is 66.5 Å². The first-order valence-electron chi connectivity index (χ1n) is 34.6. The standard InChI is InChI=1S/C69H102O31/c1-28-53(96-58-52(84)55(35(73)27-90-58)97-60-48(80)45(77)43(75)38(25-70)93-60)47(79)50(82)59(91-28)98-56-51(83)54(95-42(74)15-11-30-10-13-36(88-8)37(22-30)89-9)29(2)92-62(56)100-64(87)69-19-16-32-31(33(69)23-65(3,4)20-21-69)12-14-40-66(32,5)18-17-41-67(40,6)24-34(72)57(68(41,7)63(85)86)99-61-49(81)46(78)44(76)39(26-71)94-61/h10-13,15,22,28-29,32-35,38-41,43-62,70-73,75-84H,14,16-21,23-27H2,1-9H3,(H,85,86)/b15-11+/t28-,29+,32-,33-,34-,35+,38+,39+,40+,41+,43+,44+,45-,46-,47-,48+,49+,50+,51-,52+,53-,54-,55-,56+,57-,58-,59+,60-,61-,62-,66-,67+,68-,69+/m0/s1. The van der Waals surface area contributed by atoms with Gasteiger partial charge in [0.1, 0.15) is 97.7 Å². The lowest BCUT2D eigenvalue weighted by molar-refractivity contribution is -0.380.